The quantitative estimate of drug-likeness (QED) is 0.774. The number of nitrogens with zero attached hydrogens (tertiary/aromatic N) is 3. The van der Waals surface area contributed by atoms with Crippen molar-refractivity contribution < 1.29 is 9.32 Å². The highest BCUT2D eigenvalue weighted by molar-refractivity contribution is 6.02. The average Bonchev–Trinajstić information content (AvgIpc) is 2.86. The molecule has 0 bridgehead atoms. The van der Waals surface area contributed by atoms with Crippen LogP contribution < -0.4 is 5.32 Å². The molecule has 0 unspecified atom stereocenters. The first-order valence-electron chi connectivity index (χ1n) is 4.39. The van der Waals surface area contributed by atoms with Gasteiger partial charge < -0.3 is 9.84 Å². The summed E-state index contributed by atoms with van der Waals surface area (Å²) in [7, 11) is 0. The molecule has 0 radical (unpaired) electrons. The normalized spacial score (nSPS) is 9.75. The van der Waals surface area contributed by atoms with Crippen molar-refractivity contribution in [3.63, 3.8) is 0 Å². The number of H-pyrrole nitrogens is 1. The Morgan fingerprint density at radius 3 is 3.12 bits per heavy atom. The van der Waals surface area contributed by atoms with Gasteiger partial charge in [-0.05, 0) is 6.92 Å². The molecule has 1 amide bonds. The minimum Gasteiger partial charge on any atom is -0.351 e. The van der Waals surface area contributed by atoms with Gasteiger partial charge in [-0.15, -0.1) is 0 Å². The Bertz CT molecular complexity index is 562. The van der Waals surface area contributed by atoms with Gasteiger partial charge in [-0.2, -0.15) is 10.4 Å². The number of aromatic amines is 1. The van der Waals surface area contributed by atoms with Crippen LogP contribution in [-0.2, 0) is 0 Å². The lowest BCUT2D eigenvalue weighted by atomic mass is 10.3. The topological polar surface area (TPSA) is 108 Å². The van der Waals surface area contributed by atoms with Gasteiger partial charge in [-0.25, -0.2) is 0 Å². The van der Waals surface area contributed by atoms with Crippen LogP contribution in [0.15, 0.2) is 16.8 Å². The number of aryl methyl sites for hydroxylation is 1. The molecule has 2 aromatic rings. The van der Waals surface area contributed by atoms with E-state index in [4.69, 9.17) is 9.78 Å². The maximum atomic E-state index is 11.6. The largest absolute Gasteiger partial charge is 0.351 e. The number of nitrogens with one attached hydrogen (secondary N) is 2. The number of nitriles is 1. The molecule has 2 N–H and O–H groups in total. The fourth-order valence-corrected chi connectivity index (χ4v) is 1.11. The molecule has 0 saturated carbocycles. The average molecular weight is 217 g/mol. The van der Waals surface area contributed by atoms with Crippen molar-refractivity contribution in [2.45, 2.75) is 6.92 Å². The summed E-state index contributed by atoms with van der Waals surface area (Å²) in [4.78, 5) is 11.6. The molecular formula is C9H7N5O2. The fourth-order valence-electron chi connectivity index (χ4n) is 1.11. The maximum Gasteiger partial charge on any atom is 0.295 e. The molecule has 2 aromatic heterocycles. The van der Waals surface area contributed by atoms with E-state index >= 15 is 0 Å². The van der Waals surface area contributed by atoms with E-state index in [2.05, 4.69) is 20.7 Å². The van der Waals surface area contributed by atoms with Crippen molar-refractivity contribution in [2.24, 2.45) is 0 Å². The second kappa shape index (κ2) is 3.86. The summed E-state index contributed by atoms with van der Waals surface area (Å²) in [5.74, 6) is -0.168. The van der Waals surface area contributed by atoms with Crippen molar-refractivity contribution in [1.29, 1.82) is 5.26 Å². The van der Waals surface area contributed by atoms with Gasteiger partial charge in [0, 0.05) is 6.07 Å². The Hall–Kier alpha value is -2.62. The van der Waals surface area contributed by atoms with Crippen molar-refractivity contribution in [3.8, 4) is 6.07 Å². The molecule has 0 atom stereocenters. The Kier molecular flexibility index (Phi) is 2.39. The van der Waals surface area contributed by atoms with Crippen molar-refractivity contribution in [2.75, 3.05) is 5.32 Å². The highest BCUT2D eigenvalue weighted by Gasteiger charge is 2.14. The second-order valence-corrected chi connectivity index (χ2v) is 3.06. The van der Waals surface area contributed by atoms with Gasteiger partial charge in [0.05, 0.1) is 11.9 Å². The third kappa shape index (κ3) is 1.76. The van der Waals surface area contributed by atoms with Crippen LogP contribution in [0.25, 0.3) is 0 Å². The zero-order chi connectivity index (χ0) is 11.5. The summed E-state index contributed by atoms with van der Waals surface area (Å²) in [6, 6.07) is 3.38. The predicted octanol–water partition coefficient (Wildman–Crippen LogP) is 0.830. The van der Waals surface area contributed by atoms with E-state index in [1.54, 1.807) is 6.92 Å². The minimum atomic E-state index is -0.485. The monoisotopic (exact) mass is 217 g/mol. The first-order valence-corrected chi connectivity index (χ1v) is 4.39. The van der Waals surface area contributed by atoms with Gasteiger partial charge in [0.25, 0.3) is 5.91 Å². The lowest BCUT2D eigenvalue weighted by Gasteiger charge is -1.98. The molecule has 0 saturated heterocycles. The molecule has 0 aromatic carbocycles. The van der Waals surface area contributed by atoms with Crippen molar-refractivity contribution in [3.05, 3.63) is 29.3 Å². The van der Waals surface area contributed by atoms with Crippen molar-refractivity contribution >= 4 is 11.7 Å². The van der Waals surface area contributed by atoms with Crippen LogP contribution in [-0.4, -0.2) is 21.3 Å². The number of hydrogen-bond acceptors (Lipinski definition) is 5. The first kappa shape index (κ1) is 9.92. The van der Waals surface area contributed by atoms with Crippen LogP contribution in [0, 0.1) is 18.3 Å². The Balaban J connectivity index is 2.17. The van der Waals surface area contributed by atoms with E-state index in [1.165, 1.54) is 12.3 Å². The van der Waals surface area contributed by atoms with E-state index in [1.807, 2.05) is 6.07 Å². The lowest BCUT2D eigenvalue weighted by molar-refractivity contribution is 0.0987. The zero-order valence-electron chi connectivity index (χ0n) is 8.31. The van der Waals surface area contributed by atoms with Gasteiger partial charge in [-0.1, -0.05) is 5.16 Å². The van der Waals surface area contributed by atoms with Crippen LogP contribution in [0.3, 0.4) is 0 Å². The summed E-state index contributed by atoms with van der Waals surface area (Å²) in [6.45, 7) is 1.71. The van der Waals surface area contributed by atoms with E-state index in [9.17, 15) is 4.79 Å². The number of carbonyl (C=O) groups excluding carboxylic acids is 1. The molecule has 7 nitrogen and oxygen atoms in total. The zero-order valence-corrected chi connectivity index (χ0v) is 8.31. The summed E-state index contributed by atoms with van der Waals surface area (Å²) in [5.41, 5.74) is 0.861. The molecule has 0 spiro atoms. The molecular weight excluding hydrogens is 210 g/mol. The summed E-state index contributed by atoms with van der Waals surface area (Å²) >= 11 is 0. The number of rotatable bonds is 2. The third-order valence-electron chi connectivity index (χ3n) is 1.85. The van der Waals surface area contributed by atoms with Gasteiger partial charge >= 0.3 is 0 Å². The number of amides is 1. The highest BCUT2D eigenvalue weighted by atomic mass is 16.5. The molecule has 80 valence electrons. The molecule has 2 rings (SSSR count). The Morgan fingerprint density at radius 2 is 2.50 bits per heavy atom. The summed E-state index contributed by atoms with van der Waals surface area (Å²) < 4.78 is 4.77. The van der Waals surface area contributed by atoms with E-state index in [0.29, 0.717) is 5.69 Å². The van der Waals surface area contributed by atoms with E-state index in [-0.39, 0.29) is 17.1 Å². The standard InChI is InChI=1S/C9H7N5O2/c1-5-2-7(16-14-5)9(15)12-8-6(3-10)4-11-13-8/h2,4H,1H3,(H2,11,12,13,15). The molecule has 16 heavy (non-hydrogen) atoms. The predicted molar refractivity (Wildman–Crippen MR) is 52.5 cm³/mol. The summed E-state index contributed by atoms with van der Waals surface area (Å²) in [6.07, 6.45) is 1.32. The molecule has 0 aliphatic rings. The summed E-state index contributed by atoms with van der Waals surface area (Å²) in [5, 5.41) is 20.9. The Labute approximate surface area is 90.0 Å². The molecule has 7 heteroatoms. The highest BCUT2D eigenvalue weighted by Crippen LogP contribution is 2.11. The molecule has 0 fully saturated rings. The van der Waals surface area contributed by atoms with Crippen LogP contribution in [0.2, 0.25) is 0 Å². The van der Waals surface area contributed by atoms with Crippen LogP contribution in [0.1, 0.15) is 21.8 Å². The number of carbonyl (C=O) groups is 1. The fraction of sp³-hybridized carbons (Fsp3) is 0.111. The van der Waals surface area contributed by atoms with Gasteiger partial charge in [-0.3, -0.25) is 9.89 Å². The maximum absolute atomic E-state index is 11.6. The number of anilines is 1. The Morgan fingerprint density at radius 1 is 1.69 bits per heavy atom. The van der Waals surface area contributed by atoms with Gasteiger partial charge in [0.15, 0.2) is 0 Å². The van der Waals surface area contributed by atoms with E-state index < -0.39 is 5.91 Å². The number of hydrogen-bond donors (Lipinski definition) is 2. The van der Waals surface area contributed by atoms with Gasteiger partial charge in [0.1, 0.15) is 17.5 Å². The second-order valence-electron chi connectivity index (χ2n) is 3.06. The van der Waals surface area contributed by atoms with E-state index in [0.717, 1.165) is 0 Å². The van der Waals surface area contributed by atoms with Crippen LogP contribution in [0.5, 0.6) is 0 Å². The molecule has 0 aliphatic carbocycles. The van der Waals surface area contributed by atoms with Crippen molar-refractivity contribution in [1.82, 2.24) is 15.4 Å². The smallest absolute Gasteiger partial charge is 0.295 e. The van der Waals surface area contributed by atoms with Gasteiger partial charge in [0.2, 0.25) is 5.76 Å². The SMILES string of the molecule is Cc1cc(C(=O)Nc2[nH]ncc2C#N)on1. The molecule has 2 heterocycles. The van der Waals surface area contributed by atoms with Crippen LogP contribution in [0.4, 0.5) is 5.82 Å². The third-order valence-corrected chi connectivity index (χ3v) is 1.85. The molecule has 0 aliphatic heterocycles. The van der Waals surface area contributed by atoms with Crippen LogP contribution >= 0.6 is 0 Å². The number of aromatic nitrogens is 3. The minimum absolute atomic E-state index is 0.0796. The lowest BCUT2D eigenvalue weighted by Crippen LogP contribution is -2.12. The first-order chi connectivity index (χ1) is 7.70.